The predicted molar refractivity (Wildman–Crippen MR) is 76.3 cm³/mol. The molecule has 0 saturated carbocycles. The van der Waals surface area contributed by atoms with E-state index in [9.17, 15) is 8.42 Å². The highest BCUT2D eigenvalue weighted by molar-refractivity contribution is 9.15. The van der Waals surface area contributed by atoms with Crippen molar-refractivity contribution in [2.45, 2.75) is 4.90 Å². The van der Waals surface area contributed by atoms with Gasteiger partial charge >= 0.3 is 0 Å². The summed E-state index contributed by atoms with van der Waals surface area (Å²) < 4.78 is 25.3. The van der Waals surface area contributed by atoms with Crippen LogP contribution in [-0.2, 0) is 10.0 Å². The first-order valence-electron chi connectivity index (χ1n) is 3.22. The van der Waals surface area contributed by atoms with Gasteiger partial charge in [0, 0.05) is 13.4 Å². The summed E-state index contributed by atoms with van der Waals surface area (Å²) in [6, 6.07) is 0. The molecule has 0 radical (unpaired) electrons. The van der Waals surface area contributed by atoms with Crippen LogP contribution >= 0.6 is 79.6 Å². The summed E-state index contributed by atoms with van der Waals surface area (Å²) in [5.41, 5.74) is 0. The number of halogens is 5. The Balaban J connectivity index is 3.84. The quantitative estimate of drug-likeness (QED) is 0.421. The third-order valence-electron chi connectivity index (χ3n) is 1.45. The molecule has 1 aromatic rings. The van der Waals surface area contributed by atoms with E-state index in [0.717, 1.165) is 0 Å². The minimum atomic E-state index is -3.80. The second kappa shape index (κ2) is 5.03. The van der Waals surface area contributed by atoms with Crippen molar-refractivity contribution < 1.29 is 8.42 Å². The lowest BCUT2D eigenvalue weighted by molar-refractivity contribution is 0.596. The van der Waals surface area contributed by atoms with Crippen LogP contribution in [0.1, 0.15) is 0 Å². The van der Waals surface area contributed by atoms with Crippen molar-refractivity contribution in [3.8, 4) is 0 Å². The zero-order valence-corrected chi connectivity index (χ0v) is 15.4. The molecular weight excluding hydrogens is 550 g/mol. The van der Waals surface area contributed by atoms with Crippen LogP contribution in [-0.4, -0.2) is 8.42 Å². The van der Waals surface area contributed by atoms with Gasteiger partial charge in [0.15, 0.2) is 0 Å². The molecule has 1 rings (SSSR count). The number of rotatable bonds is 1. The number of benzene rings is 1. The Hall–Kier alpha value is 1.53. The summed E-state index contributed by atoms with van der Waals surface area (Å²) in [4.78, 5) is -0.00977. The first-order valence-corrected chi connectivity index (χ1v) is 8.73. The maximum atomic E-state index is 11.4. The fraction of sp³-hybridized carbons (Fsp3) is 0. The molecular formula is C6H2Br5NO2S. The van der Waals surface area contributed by atoms with Crippen LogP contribution in [0.15, 0.2) is 27.3 Å². The fourth-order valence-electron chi connectivity index (χ4n) is 0.835. The Morgan fingerprint density at radius 1 is 0.733 bits per heavy atom. The second-order valence-electron chi connectivity index (χ2n) is 2.44. The van der Waals surface area contributed by atoms with Gasteiger partial charge in [-0.1, -0.05) is 0 Å². The van der Waals surface area contributed by atoms with Crippen molar-refractivity contribution in [3.63, 3.8) is 0 Å². The Labute approximate surface area is 129 Å². The SMILES string of the molecule is NS(=O)(=O)c1c(Br)c(Br)c(Br)c(Br)c1Br. The van der Waals surface area contributed by atoms with E-state index < -0.39 is 10.0 Å². The number of nitrogens with two attached hydrogens (primary N) is 1. The van der Waals surface area contributed by atoms with Crippen molar-refractivity contribution in [1.29, 1.82) is 0 Å². The van der Waals surface area contributed by atoms with Crippen molar-refractivity contribution in [2.24, 2.45) is 5.14 Å². The van der Waals surface area contributed by atoms with E-state index in [-0.39, 0.29) is 4.90 Å². The van der Waals surface area contributed by atoms with Crippen LogP contribution in [0.5, 0.6) is 0 Å². The predicted octanol–water partition coefficient (Wildman–Crippen LogP) is 4.15. The number of sulfonamides is 1. The van der Waals surface area contributed by atoms with Gasteiger partial charge in [-0.15, -0.1) is 0 Å². The van der Waals surface area contributed by atoms with E-state index in [1.54, 1.807) is 0 Å². The van der Waals surface area contributed by atoms with Crippen LogP contribution in [0, 0.1) is 0 Å². The van der Waals surface area contributed by atoms with Crippen molar-refractivity contribution >= 4 is 89.7 Å². The van der Waals surface area contributed by atoms with Crippen LogP contribution in [0.3, 0.4) is 0 Å². The van der Waals surface area contributed by atoms with Crippen molar-refractivity contribution in [3.05, 3.63) is 22.4 Å². The Morgan fingerprint density at radius 2 is 1.00 bits per heavy atom. The van der Waals surface area contributed by atoms with Gasteiger partial charge in [-0.25, -0.2) is 13.6 Å². The Bertz CT molecular complexity index is 498. The molecule has 0 saturated heterocycles. The number of hydrogen-bond donors (Lipinski definition) is 1. The molecule has 15 heavy (non-hydrogen) atoms. The Morgan fingerprint density at radius 3 is 1.27 bits per heavy atom. The van der Waals surface area contributed by atoms with E-state index in [0.29, 0.717) is 22.4 Å². The molecule has 0 atom stereocenters. The summed E-state index contributed by atoms with van der Waals surface area (Å²) in [6.45, 7) is 0. The zero-order chi connectivity index (χ0) is 12.0. The van der Waals surface area contributed by atoms with Crippen LogP contribution < -0.4 is 5.14 Å². The second-order valence-corrected chi connectivity index (χ2v) is 7.91. The highest BCUT2D eigenvalue weighted by Crippen LogP contribution is 2.45. The zero-order valence-electron chi connectivity index (χ0n) is 6.69. The fourth-order valence-corrected chi connectivity index (χ4v) is 6.20. The van der Waals surface area contributed by atoms with Crippen LogP contribution in [0.2, 0.25) is 0 Å². The maximum Gasteiger partial charge on any atom is 0.240 e. The van der Waals surface area contributed by atoms with Gasteiger partial charge in [0.1, 0.15) is 4.90 Å². The summed E-state index contributed by atoms with van der Waals surface area (Å²) in [7, 11) is -3.80. The minimum absolute atomic E-state index is 0.00977. The third-order valence-corrected chi connectivity index (χ3v) is 9.05. The molecule has 0 spiro atoms. The number of hydrogen-bond acceptors (Lipinski definition) is 2. The molecule has 2 N–H and O–H groups in total. The van der Waals surface area contributed by atoms with E-state index in [2.05, 4.69) is 79.6 Å². The normalized spacial score (nSPS) is 11.9. The molecule has 0 unspecified atom stereocenters. The van der Waals surface area contributed by atoms with Gasteiger partial charge in [0.05, 0.1) is 8.95 Å². The molecule has 9 heteroatoms. The summed E-state index contributed by atoms with van der Waals surface area (Å²) >= 11 is 16.1. The van der Waals surface area contributed by atoms with Crippen molar-refractivity contribution in [1.82, 2.24) is 0 Å². The summed E-state index contributed by atoms with van der Waals surface area (Å²) in [6.07, 6.45) is 0. The molecule has 84 valence electrons. The van der Waals surface area contributed by atoms with E-state index in [1.165, 1.54) is 0 Å². The molecule has 0 aromatic heterocycles. The van der Waals surface area contributed by atoms with Gasteiger partial charge in [-0.3, -0.25) is 0 Å². The van der Waals surface area contributed by atoms with E-state index >= 15 is 0 Å². The van der Waals surface area contributed by atoms with Gasteiger partial charge < -0.3 is 0 Å². The van der Waals surface area contributed by atoms with Gasteiger partial charge in [-0.2, -0.15) is 0 Å². The standard InChI is InChI=1S/C6H2Br5NO2S/c7-1-2(8)4(10)6(15(12,13)14)5(11)3(1)9/h(H2,12,13,14). The highest BCUT2D eigenvalue weighted by atomic mass is 79.9. The van der Waals surface area contributed by atoms with Gasteiger partial charge in [0.2, 0.25) is 10.0 Å². The molecule has 0 fully saturated rings. The lowest BCUT2D eigenvalue weighted by atomic mass is 10.4. The summed E-state index contributed by atoms with van der Waals surface area (Å²) in [5.74, 6) is 0. The molecule has 0 amide bonds. The lowest BCUT2D eigenvalue weighted by Crippen LogP contribution is -2.14. The average molecular weight is 552 g/mol. The van der Waals surface area contributed by atoms with E-state index in [4.69, 9.17) is 5.14 Å². The van der Waals surface area contributed by atoms with Crippen LogP contribution in [0.25, 0.3) is 0 Å². The molecule has 0 aliphatic heterocycles. The topological polar surface area (TPSA) is 60.2 Å². The van der Waals surface area contributed by atoms with Crippen LogP contribution in [0.4, 0.5) is 0 Å². The first kappa shape index (κ1) is 14.6. The maximum absolute atomic E-state index is 11.4. The smallest absolute Gasteiger partial charge is 0.225 e. The average Bonchev–Trinajstić information content (AvgIpc) is 2.09. The minimum Gasteiger partial charge on any atom is -0.225 e. The lowest BCUT2D eigenvalue weighted by Gasteiger charge is -2.11. The third kappa shape index (κ3) is 2.86. The molecule has 0 heterocycles. The molecule has 3 nitrogen and oxygen atoms in total. The van der Waals surface area contributed by atoms with Gasteiger partial charge in [-0.05, 0) is 79.6 Å². The molecule has 0 bridgehead atoms. The molecule has 0 aliphatic carbocycles. The highest BCUT2D eigenvalue weighted by Gasteiger charge is 2.24. The van der Waals surface area contributed by atoms with E-state index in [1.807, 2.05) is 0 Å². The number of primary sulfonamides is 1. The molecule has 0 aliphatic rings. The summed E-state index contributed by atoms with van der Waals surface area (Å²) in [5, 5.41) is 5.10. The van der Waals surface area contributed by atoms with Crippen molar-refractivity contribution in [2.75, 3.05) is 0 Å². The Kier molecular flexibility index (Phi) is 4.89. The molecule has 1 aromatic carbocycles. The monoisotopic (exact) mass is 547 g/mol. The van der Waals surface area contributed by atoms with Gasteiger partial charge in [0.25, 0.3) is 0 Å². The largest absolute Gasteiger partial charge is 0.240 e. The first-order chi connectivity index (χ1) is 6.68.